The van der Waals surface area contributed by atoms with Gasteiger partial charge in [0.15, 0.2) is 11.5 Å². The standard InChI is InChI=1S/C24H30N2O4/c1-16(2)22-24(29-5)25-19(23(26-22)28-4)13-18-11-12-20(21(14-18)27-3)30-15-17-9-7-6-8-10-17/h6-12,14,16,19,22H,13,15H2,1-5H3/t19?,22-/m1/s1. The highest BCUT2D eigenvalue weighted by molar-refractivity contribution is 5.94. The zero-order valence-corrected chi connectivity index (χ0v) is 18.3. The molecule has 6 nitrogen and oxygen atoms in total. The van der Waals surface area contributed by atoms with E-state index in [1.165, 1.54) is 0 Å². The van der Waals surface area contributed by atoms with Crippen molar-refractivity contribution in [3.63, 3.8) is 0 Å². The van der Waals surface area contributed by atoms with Crippen molar-refractivity contribution < 1.29 is 18.9 Å². The first-order valence-corrected chi connectivity index (χ1v) is 10.1. The molecule has 0 aromatic heterocycles. The summed E-state index contributed by atoms with van der Waals surface area (Å²) in [7, 11) is 4.92. The lowest BCUT2D eigenvalue weighted by atomic mass is 10.0. The Hall–Kier alpha value is -3.02. The molecule has 30 heavy (non-hydrogen) atoms. The van der Waals surface area contributed by atoms with Crippen LogP contribution in [-0.4, -0.2) is 45.2 Å². The number of methoxy groups -OCH3 is 3. The van der Waals surface area contributed by atoms with Gasteiger partial charge in [0.05, 0.1) is 21.3 Å². The van der Waals surface area contributed by atoms with Crippen LogP contribution in [0.5, 0.6) is 11.5 Å². The molecule has 1 heterocycles. The van der Waals surface area contributed by atoms with E-state index < -0.39 is 0 Å². The Kier molecular flexibility index (Phi) is 7.33. The summed E-state index contributed by atoms with van der Waals surface area (Å²) < 4.78 is 22.6. The van der Waals surface area contributed by atoms with Crippen molar-refractivity contribution in [2.75, 3.05) is 21.3 Å². The SMILES string of the molecule is COC1=N[C@H](C(C)C)C(OC)=NC1Cc1ccc(OCc2ccccc2)c(OC)c1. The molecule has 1 unspecified atom stereocenters. The number of ether oxygens (including phenoxy) is 4. The van der Waals surface area contributed by atoms with Crippen LogP contribution in [-0.2, 0) is 22.5 Å². The minimum absolute atomic E-state index is 0.121. The summed E-state index contributed by atoms with van der Waals surface area (Å²) in [5.41, 5.74) is 2.16. The molecule has 160 valence electrons. The van der Waals surface area contributed by atoms with Crippen LogP contribution < -0.4 is 9.47 Å². The van der Waals surface area contributed by atoms with Gasteiger partial charge in [-0.05, 0) is 29.2 Å². The van der Waals surface area contributed by atoms with E-state index in [2.05, 4.69) is 13.8 Å². The van der Waals surface area contributed by atoms with Crippen LogP contribution in [0.4, 0.5) is 0 Å². The molecule has 2 aromatic rings. The smallest absolute Gasteiger partial charge is 0.209 e. The summed E-state index contributed by atoms with van der Waals surface area (Å²) in [6, 6.07) is 15.6. The van der Waals surface area contributed by atoms with Crippen molar-refractivity contribution in [3.8, 4) is 11.5 Å². The second kappa shape index (κ2) is 10.1. The topological polar surface area (TPSA) is 61.6 Å². The second-order valence-electron chi connectivity index (χ2n) is 7.51. The Labute approximate surface area is 178 Å². The van der Waals surface area contributed by atoms with Gasteiger partial charge < -0.3 is 18.9 Å². The molecule has 0 fully saturated rings. The zero-order chi connectivity index (χ0) is 21.5. The molecule has 0 radical (unpaired) electrons. The van der Waals surface area contributed by atoms with Gasteiger partial charge in [-0.1, -0.05) is 50.2 Å². The van der Waals surface area contributed by atoms with Crippen LogP contribution >= 0.6 is 0 Å². The van der Waals surface area contributed by atoms with Crippen LogP contribution in [0.1, 0.15) is 25.0 Å². The Morgan fingerprint density at radius 1 is 0.800 bits per heavy atom. The Bertz CT molecular complexity index is 893. The molecular weight excluding hydrogens is 380 g/mol. The monoisotopic (exact) mass is 410 g/mol. The maximum Gasteiger partial charge on any atom is 0.209 e. The molecule has 0 amide bonds. The highest BCUT2D eigenvalue weighted by atomic mass is 16.5. The molecule has 6 heteroatoms. The molecule has 2 atom stereocenters. The number of hydrogen-bond donors (Lipinski definition) is 0. The number of rotatable bonds is 7. The molecule has 0 aliphatic carbocycles. The van der Waals surface area contributed by atoms with Gasteiger partial charge in [0, 0.05) is 6.42 Å². The van der Waals surface area contributed by atoms with E-state index in [4.69, 9.17) is 28.9 Å². The summed E-state index contributed by atoms with van der Waals surface area (Å²) in [6.45, 7) is 4.67. The number of nitrogens with zero attached hydrogens (tertiary/aromatic N) is 2. The van der Waals surface area contributed by atoms with Gasteiger partial charge in [-0.2, -0.15) is 0 Å². The predicted molar refractivity (Wildman–Crippen MR) is 119 cm³/mol. The molecule has 0 saturated heterocycles. The molecule has 1 aliphatic rings. The molecule has 0 N–H and O–H groups in total. The van der Waals surface area contributed by atoms with E-state index in [1.807, 2.05) is 48.5 Å². The lowest BCUT2D eigenvalue weighted by Gasteiger charge is -2.27. The second-order valence-corrected chi connectivity index (χ2v) is 7.51. The summed E-state index contributed by atoms with van der Waals surface area (Å²) >= 11 is 0. The quantitative estimate of drug-likeness (QED) is 0.682. The predicted octanol–water partition coefficient (Wildman–Crippen LogP) is 4.31. The number of hydrogen-bond acceptors (Lipinski definition) is 6. The lowest BCUT2D eigenvalue weighted by Crippen LogP contribution is -2.38. The van der Waals surface area contributed by atoms with E-state index in [9.17, 15) is 0 Å². The Morgan fingerprint density at radius 3 is 2.17 bits per heavy atom. The molecular formula is C24H30N2O4. The van der Waals surface area contributed by atoms with Crippen molar-refractivity contribution >= 4 is 11.8 Å². The van der Waals surface area contributed by atoms with Crippen molar-refractivity contribution in [1.29, 1.82) is 0 Å². The van der Waals surface area contributed by atoms with E-state index in [0.717, 1.165) is 11.1 Å². The van der Waals surface area contributed by atoms with E-state index in [-0.39, 0.29) is 18.0 Å². The normalized spacial score (nSPS) is 18.5. The van der Waals surface area contributed by atoms with Crippen LogP contribution in [0.25, 0.3) is 0 Å². The van der Waals surface area contributed by atoms with Gasteiger partial charge in [-0.25, -0.2) is 9.98 Å². The van der Waals surface area contributed by atoms with E-state index >= 15 is 0 Å². The van der Waals surface area contributed by atoms with Crippen LogP contribution in [0.3, 0.4) is 0 Å². The first-order chi connectivity index (χ1) is 14.5. The first-order valence-electron chi connectivity index (χ1n) is 10.1. The third-order valence-electron chi connectivity index (χ3n) is 5.03. The van der Waals surface area contributed by atoms with Crippen molar-refractivity contribution in [3.05, 3.63) is 59.7 Å². The summed E-state index contributed by atoms with van der Waals surface area (Å²) in [5.74, 6) is 2.93. The van der Waals surface area contributed by atoms with Crippen molar-refractivity contribution in [2.45, 2.75) is 39.0 Å². The average molecular weight is 411 g/mol. The fourth-order valence-electron chi connectivity index (χ4n) is 3.41. The van der Waals surface area contributed by atoms with Gasteiger partial charge in [0.1, 0.15) is 18.7 Å². The van der Waals surface area contributed by atoms with Crippen LogP contribution in [0.2, 0.25) is 0 Å². The van der Waals surface area contributed by atoms with Crippen molar-refractivity contribution in [1.82, 2.24) is 0 Å². The van der Waals surface area contributed by atoms with Gasteiger partial charge in [-0.3, -0.25) is 0 Å². The van der Waals surface area contributed by atoms with Gasteiger partial charge in [0.2, 0.25) is 11.8 Å². The largest absolute Gasteiger partial charge is 0.493 e. The number of aliphatic imine (C=N–C) groups is 2. The third-order valence-corrected chi connectivity index (χ3v) is 5.03. The van der Waals surface area contributed by atoms with E-state index in [0.29, 0.717) is 36.3 Å². The number of benzene rings is 2. The van der Waals surface area contributed by atoms with Gasteiger partial charge in [-0.15, -0.1) is 0 Å². The highest BCUT2D eigenvalue weighted by Crippen LogP contribution is 2.30. The van der Waals surface area contributed by atoms with E-state index in [1.54, 1.807) is 21.3 Å². The summed E-state index contributed by atoms with van der Waals surface area (Å²) in [5, 5.41) is 0. The summed E-state index contributed by atoms with van der Waals surface area (Å²) in [4.78, 5) is 9.51. The maximum atomic E-state index is 5.96. The molecule has 3 rings (SSSR count). The molecule has 2 aromatic carbocycles. The average Bonchev–Trinajstić information content (AvgIpc) is 2.78. The minimum Gasteiger partial charge on any atom is -0.493 e. The van der Waals surface area contributed by atoms with Crippen LogP contribution in [0.15, 0.2) is 58.5 Å². The third kappa shape index (κ3) is 5.12. The highest BCUT2D eigenvalue weighted by Gasteiger charge is 2.31. The van der Waals surface area contributed by atoms with Gasteiger partial charge in [0.25, 0.3) is 0 Å². The lowest BCUT2D eigenvalue weighted by molar-refractivity contribution is 0.284. The molecule has 1 aliphatic heterocycles. The van der Waals surface area contributed by atoms with Crippen LogP contribution in [0, 0.1) is 5.92 Å². The molecule has 0 bridgehead atoms. The summed E-state index contributed by atoms with van der Waals surface area (Å²) in [6.07, 6.45) is 0.625. The zero-order valence-electron chi connectivity index (χ0n) is 18.3. The fourth-order valence-corrected chi connectivity index (χ4v) is 3.41. The first kappa shape index (κ1) is 21.7. The maximum absolute atomic E-state index is 5.96. The molecule has 0 spiro atoms. The fraction of sp³-hybridized carbons (Fsp3) is 0.417. The Balaban J connectivity index is 1.76. The molecule has 0 saturated carbocycles. The Morgan fingerprint density at radius 2 is 1.53 bits per heavy atom. The van der Waals surface area contributed by atoms with Gasteiger partial charge >= 0.3 is 0 Å². The minimum atomic E-state index is -0.235. The van der Waals surface area contributed by atoms with Crippen molar-refractivity contribution in [2.24, 2.45) is 15.9 Å².